The van der Waals surface area contributed by atoms with Gasteiger partial charge in [0.15, 0.2) is 0 Å². The summed E-state index contributed by atoms with van der Waals surface area (Å²) < 4.78 is 32.7. The van der Waals surface area contributed by atoms with Crippen LogP contribution in [-0.4, -0.2) is 18.8 Å². The summed E-state index contributed by atoms with van der Waals surface area (Å²) in [4.78, 5) is 0. The van der Waals surface area contributed by atoms with Crippen molar-refractivity contribution in [1.82, 2.24) is 5.32 Å². The van der Waals surface area contributed by atoms with Crippen LogP contribution in [0.3, 0.4) is 0 Å². The molecule has 1 heterocycles. The maximum atomic E-state index is 13.4. The van der Waals surface area contributed by atoms with Crippen molar-refractivity contribution in [3.63, 3.8) is 0 Å². The molecule has 1 aromatic rings. The Morgan fingerprint density at radius 3 is 2.53 bits per heavy atom. The minimum absolute atomic E-state index is 0.180. The summed E-state index contributed by atoms with van der Waals surface area (Å²) in [5, 5.41) is 3.36. The molecule has 0 aromatic heterocycles. The Kier molecular flexibility index (Phi) is 4.53. The second kappa shape index (κ2) is 5.97. The Hall–Kier alpha value is -1.00. The Balaban J connectivity index is 2.30. The maximum Gasteiger partial charge on any atom is 0.126 e. The molecule has 2 rings (SSSR count). The van der Waals surface area contributed by atoms with Crippen LogP contribution in [0.5, 0.6) is 0 Å². The molecule has 1 saturated heterocycles. The van der Waals surface area contributed by atoms with E-state index in [2.05, 4.69) is 12.2 Å². The molecule has 0 bridgehead atoms. The van der Waals surface area contributed by atoms with Crippen molar-refractivity contribution >= 4 is 0 Å². The van der Waals surface area contributed by atoms with Gasteiger partial charge >= 0.3 is 0 Å². The fourth-order valence-corrected chi connectivity index (χ4v) is 2.75. The van der Waals surface area contributed by atoms with Crippen LogP contribution in [0.25, 0.3) is 0 Å². The molecule has 2 atom stereocenters. The Bertz CT molecular complexity index is 410. The van der Waals surface area contributed by atoms with Gasteiger partial charge in [-0.3, -0.25) is 0 Å². The van der Waals surface area contributed by atoms with Crippen LogP contribution in [0.15, 0.2) is 18.2 Å². The van der Waals surface area contributed by atoms with E-state index in [1.807, 2.05) is 6.92 Å². The van der Waals surface area contributed by atoms with Crippen molar-refractivity contribution < 1.29 is 13.5 Å². The third-order valence-corrected chi connectivity index (χ3v) is 3.68. The summed E-state index contributed by atoms with van der Waals surface area (Å²) in [6, 6.07) is 3.50. The fourth-order valence-electron chi connectivity index (χ4n) is 2.75. The number of benzene rings is 1. The van der Waals surface area contributed by atoms with Gasteiger partial charge in [0.25, 0.3) is 0 Å². The van der Waals surface area contributed by atoms with Crippen molar-refractivity contribution in [3.05, 3.63) is 35.4 Å². The van der Waals surface area contributed by atoms with E-state index >= 15 is 0 Å². The highest BCUT2D eigenvalue weighted by Gasteiger charge is 2.39. The van der Waals surface area contributed by atoms with Gasteiger partial charge in [-0.1, -0.05) is 6.92 Å². The zero-order valence-corrected chi connectivity index (χ0v) is 11.5. The second-order valence-electron chi connectivity index (χ2n) is 5.35. The van der Waals surface area contributed by atoms with Gasteiger partial charge in [0, 0.05) is 12.7 Å². The third kappa shape index (κ3) is 3.31. The molecule has 4 heteroatoms. The number of nitrogens with one attached hydrogen (secondary N) is 1. The van der Waals surface area contributed by atoms with Crippen LogP contribution in [0.4, 0.5) is 8.78 Å². The monoisotopic (exact) mass is 269 g/mol. The zero-order valence-electron chi connectivity index (χ0n) is 11.5. The largest absolute Gasteiger partial charge is 0.373 e. The van der Waals surface area contributed by atoms with Gasteiger partial charge in [-0.05, 0) is 50.4 Å². The predicted molar refractivity (Wildman–Crippen MR) is 71.0 cm³/mol. The van der Waals surface area contributed by atoms with Gasteiger partial charge < -0.3 is 10.1 Å². The highest BCUT2D eigenvalue weighted by atomic mass is 19.1. The van der Waals surface area contributed by atoms with Crippen LogP contribution in [-0.2, 0) is 4.74 Å². The molecule has 1 aliphatic heterocycles. The van der Waals surface area contributed by atoms with Gasteiger partial charge in [0.05, 0.1) is 11.6 Å². The molecule has 1 N–H and O–H groups in total. The third-order valence-electron chi connectivity index (χ3n) is 3.68. The van der Waals surface area contributed by atoms with Crippen molar-refractivity contribution in [1.29, 1.82) is 0 Å². The number of hydrogen-bond acceptors (Lipinski definition) is 2. The average Bonchev–Trinajstić information content (AvgIpc) is 2.76. The lowest BCUT2D eigenvalue weighted by Gasteiger charge is -2.34. The van der Waals surface area contributed by atoms with E-state index in [0.29, 0.717) is 12.2 Å². The quantitative estimate of drug-likeness (QED) is 0.882. The van der Waals surface area contributed by atoms with E-state index in [1.165, 1.54) is 12.1 Å². The van der Waals surface area contributed by atoms with Crippen molar-refractivity contribution in [2.24, 2.45) is 0 Å². The second-order valence-corrected chi connectivity index (χ2v) is 5.35. The number of ether oxygens (including phenoxy) is 1. The van der Waals surface area contributed by atoms with Crippen LogP contribution in [0.1, 0.15) is 44.7 Å². The summed E-state index contributed by atoms with van der Waals surface area (Å²) in [5.74, 6) is -1.08. The Morgan fingerprint density at radius 1 is 1.32 bits per heavy atom. The minimum Gasteiger partial charge on any atom is -0.373 e. The van der Waals surface area contributed by atoms with Crippen molar-refractivity contribution in [3.8, 4) is 0 Å². The first-order valence-electron chi connectivity index (χ1n) is 6.88. The zero-order chi connectivity index (χ0) is 13.9. The van der Waals surface area contributed by atoms with E-state index in [1.54, 1.807) is 0 Å². The highest BCUT2D eigenvalue weighted by molar-refractivity contribution is 5.24. The molecule has 19 heavy (non-hydrogen) atoms. The molecule has 1 aliphatic rings. The standard InChI is InChI=1S/C15H21F2NO/c1-3-6-18-14(15(2)5-4-7-19-15)11-8-12(16)10-13(17)9-11/h8-10,14,18H,3-7H2,1-2H3. The van der Waals surface area contributed by atoms with Gasteiger partial charge in [-0.15, -0.1) is 0 Å². The minimum atomic E-state index is -0.542. The molecule has 2 nitrogen and oxygen atoms in total. The Labute approximate surface area is 113 Å². The van der Waals surface area contributed by atoms with Crippen LogP contribution >= 0.6 is 0 Å². The SMILES string of the molecule is CCCNC(c1cc(F)cc(F)c1)C1(C)CCCO1. The van der Waals surface area contributed by atoms with Gasteiger partial charge in [0.2, 0.25) is 0 Å². The molecule has 0 saturated carbocycles. The van der Waals surface area contributed by atoms with Gasteiger partial charge in [0.1, 0.15) is 11.6 Å². The van der Waals surface area contributed by atoms with E-state index in [0.717, 1.165) is 31.9 Å². The smallest absolute Gasteiger partial charge is 0.126 e. The van der Waals surface area contributed by atoms with Crippen molar-refractivity contribution in [2.75, 3.05) is 13.2 Å². The summed E-state index contributed by atoms with van der Waals surface area (Å²) in [7, 11) is 0. The fraction of sp³-hybridized carbons (Fsp3) is 0.600. The lowest BCUT2D eigenvalue weighted by atomic mass is 9.87. The van der Waals surface area contributed by atoms with E-state index < -0.39 is 17.2 Å². The number of hydrogen-bond donors (Lipinski definition) is 1. The summed E-state index contributed by atoms with van der Waals surface area (Å²) >= 11 is 0. The average molecular weight is 269 g/mol. The summed E-state index contributed by atoms with van der Waals surface area (Å²) in [5.41, 5.74) is 0.227. The predicted octanol–water partition coefficient (Wildman–Crippen LogP) is 3.57. The number of rotatable bonds is 5. The molecule has 0 radical (unpaired) electrons. The normalized spacial score (nSPS) is 24.6. The van der Waals surface area contributed by atoms with E-state index in [4.69, 9.17) is 4.74 Å². The van der Waals surface area contributed by atoms with Gasteiger partial charge in [-0.2, -0.15) is 0 Å². The molecular weight excluding hydrogens is 248 g/mol. The molecule has 2 unspecified atom stereocenters. The molecular formula is C15H21F2NO. The molecule has 0 aliphatic carbocycles. The topological polar surface area (TPSA) is 21.3 Å². The molecule has 106 valence electrons. The van der Waals surface area contributed by atoms with Crippen LogP contribution < -0.4 is 5.32 Å². The molecule has 1 fully saturated rings. The number of halogens is 2. The first kappa shape index (κ1) is 14.4. The summed E-state index contributed by atoms with van der Waals surface area (Å²) in [6.45, 7) is 5.57. The highest BCUT2D eigenvalue weighted by Crippen LogP contribution is 2.37. The van der Waals surface area contributed by atoms with E-state index in [9.17, 15) is 8.78 Å². The summed E-state index contributed by atoms with van der Waals surface area (Å²) in [6.07, 6.45) is 2.84. The first-order chi connectivity index (χ1) is 9.05. The molecule has 0 spiro atoms. The lowest BCUT2D eigenvalue weighted by molar-refractivity contribution is -0.0125. The van der Waals surface area contributed by atoms with Gasteiger partial charge in [-0.25, -0.2) is 8.78 Å². The first-order valence-corrected chi connectivity index (χ1v) is 6.88. The van der Waals surface area contributed by atoms with Crippen LogP contribution in [0, 0.1) is 11.6 Å². The van der Waals surface area contributed by atoms with E-state index in [-0.39, 0.29) is 6.04 Å². The Morgan fingerprint density at radius 2 is 2.00 bits per heavy atom. The lowest BCUT2D eigenvalue weighted by Crippen LogP contribution is -2.41. The molecule has 1 aromatic carbocycles. The van der Waals surface area contributed by atoms with Crippen molar-refractivity contribution in [2.45, 2.75) is 44.8 Å². The molecule has 0 amide bonds. The van der Waals surface area contributed by atoms with Crippen LogP contribution in [0.2, 0.25) is 0 Å². The maximum absolute atomic E-state index is 13.4.